The molecule has 0 unspecified atom stereocenters. The molecule has 0 aromatic heterocycles. The SMILES string of the molecule is O=C1Nc2ccccc2C1=CCc1ccccc1. The molecule has 2 nitrogen and oxygen atoms in total. The van der Waals surface area contributed by atoms with Crippen LogP contribution in [0.3, 0.4) is 0 Å². The van der Waals surface area contributed by atoms with E-state index in [1.54, 1.807) is 0 Å². The van der Waals surface area contributed by atoms with Crippen molar-refractivity contribution in [1.82, 2.24) is 0 Å². The zero-order valence-electron chi connectivity index (χ0n) is 9.89. The minimum Gasteiger partial charge on any atom is -0.321 e. The van der Waals surface area contributed by atoms with E-state index in [-0.39, 0.29) is 5.91 Å². The van der Waals surface area contributed by atoms with Gasteiger partial charge in [-0.1, -0.05) is 54.6 Å². The van der Waals surface area contributed by atoms with Crippen molar-refractivity contribution in [3.8, 4) is 0 Å². The smallest absolute Gasteiger partial charge is 0.256 e. The zero-order chi connectivity index (χ0) is 12.4. The Kier molecular flexibility index (Phi) is 2.69. The fourth-order valence-electron chi connectivity index (χ4n) is 2.18. The third-order valence-electron chi connectivity index (χ3n) is 3.09. The summed E-state index contributed by atoms with van der Waals surface area (Å²) < 4.78 is 0. The van der Waals surface area contributed by atoms with Crippen LogP contribution in [-0.4, -0.2) is 5.91 Å². The van der Waals surface area contributed by atoms with E-state index in [4.69, 9.17) is 0 Å². The summed E-state index contributed by atoms with van der Waals surface area (Å²) >= 11 is 0. The maximum Gasteiger partial charge on any atom is 0.256 e. The lowest BCUT2D eigenvalue weighted by Crippen LogP contribution is -2.03. The Morgan fingerprint density at radius 3 is 2.50 bits per heavy atom. The molecule has 2 aromatic carbocycles. The lowest BCUT2D eigenvalue weighted by molar-refractivity contribution is -0.110. The number of hydrogen-bond acceptors (Lipinski definition) is 1. The van der Waals surface area contributed by atoms with Gasteiger partial charge in [-0.15, -0.1) is 0 Å². The summed E-state index contributed by atoms with van der Waals surface area (Å²) in [4.78, 5) is 11.9. The summed E-state index contributed by atoms with van der Waals surface area (Å²) in [6.45, 7) is 0. The van der Waals surface area contributed by atoms with Crippen LogP contribution in [0.25, 0.3) is 5.57 Å². The molecule has 2 heteroatoms. The van der Waals surface area contributed by atoms with Gasteiger partial charge in [-0.25, -0.2) is 0 Å². The molecular weight excluding hydrogens is 222 g/mol. The first kappa shape index (κ1) is 10.8. The van der Waals surface area contributed by atoms with Crippen LogP contribution in [-0.2, 0) is 11.2 Å². The van der Waals surface area contributed by atoms with E-state index in [1.165, 1.54) is 5.56 Å². The normalized spacial score (nSPS) is 15.6. The van der Waals surface area contributed by atoms with Crippen molar-refractivity contribution in [2.75, 3.05) is 5.32 Å². The minimum absolute atomic E-state index is 0.00729. The summed E-state index contributed by atoms with van der Waals surface area (Å²) in [5, 5.41) is 2.88. The van der Waals surface area contributed by atoms with Crippen molar-refractivity contribution < 1.29 is 4.79 Å². The summed E-state index contributed by atoms with van der Waals surface area (Å²) in [6.07, 6.45) is 2.77. The van der Waals surface area contributed by atoms with Crippen molar-refractivity contribution in [3.63, 3.8) is 0 Å². The van der Waals surface area contributed by atoms with Gasteiger partial charge in [-0.3, -0.25) is 4.79 Å². The molecule has 1 aliphatic heterocycles. The second-order valence-corrected chi connectivity index (χ2v) is 4.31. The van der Waals surface area contributed by atoms with Crippen molar-refractivity contribution >= 4 is 17.2 Å². The number of fused-ring (bicyclic) bond motifs is 1. The highest BCUT2D eigenvalue weighted by atomic mass is 16.1. The summed E-state index contributed by atoms with van der Waals surface area (Å²) in [6, 6.07) is 17.9. The maximum atomic E-state index is 11.9. The van der Waals surface area contributed by atoms with E-state index >= 15 is 0 Å². The highest BCUT2D eigenvalue weighted by Crippen LogP contribution is 2.31. The summed E-state index contributed by atoms with van der Waals surface area (Å²) in [7, 11) is 0. The van der Waals surface area contributed by atoms with Crippen molar-refractivity contribution in [2.24, 2.45) is 0 Å². The number of benzene rings is 2. The van der Waals surface area contributed by atoms with Gasteiger partial charge in [0, 0.05) is 16.8 Å². The lowest BCUT2D eigenvalue weighted by atomic mass is 10.0. The Balaban J connectivity index is 1.91. The average molecular weight is 235 g/mol. The van der Waals surface area contributed by atoms with Crippen LogP contribution in [0.15, 0.2) is 60.7 Å². The van der Waals surface area contributed by atoms with Gasteiger partial charge in [0.15, 0.2) is 0 Å². The molecule has 0 saturated heterocycles. The highest BCUT2D eigenvalue weighted by Gasteiger charge is 2.22. The molecule has 0 aliphatic carbocycles. The molecule has 0 atom stereocenters. The molecule has 1 amide bonds. The fraction of sp³-hybridized carbons (Fsp3) is 0.0625. The van der Waals surface area contributed by atoms with E-state index in [1.807, 2.05) is 48.5 Å². The number of allylic oxidation sites excluding steroid dienone is 1. The lowest BCUT2D eigenvalue weighted by Gasteiger charge is -1.98. The first-order valence-corrected chi connectivity index (χ1v) is 5.99. The standard InChI is InChI=1S/C16H13NO/c18-16-14(11-10-12-6-2-1-3-7-12)13-8-4-5-9-15(13)17-16/h1-9,11H,10H2,(H,17,18). The molecule has 0 saturated carbocycles. The topological polar surface area (TPSA) is 29.1 Å². The number of para-hydroxylation sites is 1. The third-order valence-corrected chi connectivity index (χ3v) is 3.09. The Bertz CT molecular complexity index is 614. The van der Waals surface area contributed by atoms with Gasteiger partial charge in [0.1, 0.15) is 0 Å². The Labute approximate surface area is 106 Å². The number of amides is 1. The largest absolute Gasteiger partial charge is 0.321 e. The van der Waals surface area contributed by atoms with Gasteiger partial charge in [0.2, 0.25) is 0 Å². The number of carbonyl (C=O) groups is 1. The molecule has 1 N–H and O–H groups in total. The molecule has 0 radical (unpaired) electrons. The van der Waals surface area contributed by atoms with E-state index in [0.717, 1.165) is 23.2 Å². The Morgan fingerprint density at radius 2 is 1.67 bits per heavy atom. The second-order valence-electron chi connectivity index (χ2n) is 4.31. The van der Waals surface area contributed by atoms with Crippen LogP contribution in [0.5, 0.6) is 0 Å². The van der Waals surface area contributed by atoms with Crippen LogP contribution >= 0.6 is 0 Å². The maximum absolute atomic E-state index is 11.9. The monoisotopic (exact) mass is 235 g/mol. The third kappa shape index (κ3) is 1.93. The van der Waals surface area contributed by atoms with Gasteiger partial charge in [0.05, 0.1) is 0 Å². The van der Waals surface area contributed by atoms with E-state index in [9.17, 15) is 4.79 Å². The number of rotatable bonds is 2. The van der Waals surface area contributed by atoms with Gasteiger partial charge in [-0.2, -0.15) is 0 Å². The molecule has 1 aliphatic rings. The molecule has 0 spiro atoms. The highest BCUT2D eigenvalue weighted by molar-refractivity contribution is 6.31. The average Bonchev–Trinajstić information content (AvgIpc) is 2.73. The fourth-order valence-corrected chi connectivity index (χ4v) is 2.18. The van der Waals surface area contributed by atoms with Crippen LogP contribution in [0.1, 0.15) is 11.1 Å². The number of hydrogen-bond donors (Lipinski definition) is 1. The van der Waals surface area contributed by atoms with Crippen LogP contribution in [0.2, 0.25) is 0 Å². The molecule has 2 aromatic rings. The Morgan fingerprint density at radius 1 is 0.944 bits per heavy atom. The van der Waals surface area contributed by atoms with Crippen LogP contribution < -0.4 is 5.32 Å². The number of nitrogens with one attached hydrogen (secondary N) is 1. The molecular formula is C16H13NO. The predicted molar refractivity (Wildman–Crippen MR) is 73.2 cm³/mol. The first-order chi connectivity index (χ1) is 8.84. The molecule has 88 valence electrons. The molecule has 1 heterocycles. The molecule has 0 fully saturated rings. The Hall–Kier alpha value is -2.35. The zero-order valence-corrected chi connectivity index (χ0v) is 9.89. The van der Waals surface area contributed by atoms with E-state index < -0.39 is 0 Å². The first-order valence-electron chi connectivity index (χ1n) is 5.99. The quantitative estimate of drug-likeness (QED) is 0.795. The molecule has 3 rings (SSSR count). The molecule has 18 heavy (non-hydrogen) atoms. The predicted octanol–water partition coefficient (Wildman–Crippen LogP) is 3.26. The molecule has 0 bridgehead atoms. The van der Waals surface area contributed by atoms with E-state index in [2.05, 4.69) is 17.4 Å². The summed E-state index contributed by atoms with van der Waals surface area (Å²) in [5.41, 5.74) is 3.89. The van der Waals surface area contributed by atoms with Gasteiger partial charge < -0.3 is 5.32 Å². The van der Waals surface area contributed by atoms with Crippen molar-refractivity contribution in [2.45, 2.75) is 6.42 Å². The second kappa shape index (κ2) is 4.49. The number of anilines is 1. The summed E-state index contributed by atoms with van der Waals surface area (Å²) in [5.74, 6) is -0.00729. The number of carbonyl (C=O) groups excluding carboxylic acids is 1. The minimum atomic E-state index is -0.00729. The van der Waals surface area contributed by atoms with Crippen molar-refractivity contribution in [1.29, 1.82) is 0 Å². The van der Waals surface area contributed by atoms with Gasteiger partial charge in [-0.05, 0) is 18.1 Å². The van der Waals surface area contributed by atoms with Crippen LogP contribution in [0, 0.1) is 0 Å². The van der Waals surface area contributed by atoms with Gasteiger partial charge in [0.25, 0.3) is 5.91 Å². The van der Waals surface area contributed by atoms with E-state index in [0.29, 0.717) is 0 Å². The van der Waals surface area contributed by atoms with Crippen molar-refractivity contribution in [3.05, 3.63) is 71.8 Å². The van der Waals surface area contributed by atoms with Crippen LogP contribution in [0.4, 0.5) is 5.69 Å². The van der Waals surface area contributed by atoms with Gasteiger partial charge >= 0.3 is 0 Å².